The first-order valence-corrected chi connectivity index (χ1v) is 10.1. The molecule has 1 aromatic heterocycles. The summed E-state index contributed by atoms with van der Waals surface area (Å²) in [6.07, 6.45) is 6.69. The molecule has 3 rings (SSSR count). The van der Waals surface area contributed by atoms with Gasteiger partial charge in [0.1, 0.15) is 12.7 Å². The maximum absolute atomic E-state index is 12.6. The Hall–Kier alpha value is -2.61. The highest BCUT2D eigenvalue weighted by Crippen LogP contribution is 2.28. The number of methoxy groups -OCH3 is 2. The molecule has 2 aromatic rings. The zero-order valence-electron chi connectivity index (χ0n) is 17.6. The first-order valence-electron chi connectivity index (χ1n) is 10.1. The number of nitrogens with zero attached hydrogens (tertiary/aromatic N) is 5. The monoisotopic (exact) mass is 401 g/mol. The molecular weight excluding hydrogens is 370 g/mol. The highest BCUT2D eigenvalue weighted by atomic mass is 16.5. The largest absolute Gasteiger partial charge is 0.493 e. The summed E-state index contributed by atoms with van der Waals surface area (Å²) in [6, 6.07) is 6.45. The Morgan fingerprint density at radius 2 is 2.10 bits per heavy atom. The van der Waals surface area contributed by atoms with E-state index < -0.39 is 0 Å². The number of benzene rings is 1. The lowest BCUT2D eigenvalue weighted by Crippen LogP contribution is -2.49. The van der Waals surface area contributed by atoms with Crippen molar-refractivity contribution in [3.8, 4) is 11.5 Å². The van der Waals surface area contributed by atoms with E-state index in [1.165, 1.54) is 11.9 Å². The van der Waals surface area contributed by atoms with E-state index in [0.29, 0.717) is 19.0 Å². The Morgan fingerprint density at radius 3 is 2.83 bits per heavy atom. The van der Waals surface area contributed by atoms with Gasteiger partial charge in [0.15, 0.2) is 11.5 Å². The van der Waals surface area contributed by atoms with Crippen molar-refractivity contribution in [2.24, 2.45) is 0 Å². The maximum Gasteiger partial charge on any atom is 0.224 e. The Morgan fingerprint density at radius 1 is 1.28 bits per heavy atom. The van der Waals surface area contributed by atoms with Crippen molar-refractivity contribution < 1.29 is 14.3 Å². The number of ether oxygens (including phenoxy) is 2. The standard InChI is InChI=1S/C21H31N5O3/c1-24(11-8-17-6-7-19(28-2)20(13-17)29-3)18-5-4-10-25(14-18)21(27)9-12-26-16-22-15-23-26/h6-7,13,15-16,18H,4-5,8-12,14H2,1-3H3/t18-/m0/s1. The number of rotatable bonds is 9. The van der Waals surface area contributed by atoms with Crippen LogP contribution in [0.2, 0.25) is 0 Å². The van der Waals surface area contributed by atoms with Gasteiger partial charge in [-0.2, -0.15) is 5.10 Å². The normalized spacial score (nSPS) is 16.8. The van der Waals surface area contributed by atoms with Crippen molar-refractivity contribution >= 4 is 5.91 Å². The minimum atomic E-state index is 0.193. The van der Waals surface area contributed by atoms with Crippen molar-refractivity contribution in [3.63, 3.8) is 0 Å². The Labute approximate surface area is 172 Å². The molecule has 8 nitrogen and oxygen atoms in total. The summed E-state index contributed by atoms with van der Waals surface area (Å²) in [5.74, 6) is 1.70. The number of aromatic nitrogens is 3. The second kappa shape index (κ2) is 10.2. The van der Waals surface area contributed by atoms with E-state index in [2.05, 4.69) is 28.1 Å². The number of amides is 1. The van der Waals surface area contributed by atoms with Gasteiger partial charge in [0.05, 0.1) is 20.8 Å². The summed E-state index contributed by atoms with van der Waals surface area (Å²) in [6.45, 7) is 3.14. The maximum atomic E-state index is 12.6. The molecule has 0 unspecified atom stereocenters. The second-order valence-corrected chi connectivity index (χ2v) is 7.46. The van der Waals surface area contributed by atoms with Crippen molar-refractivity contribution in [1.82, 2.24) is 24.6 Å². The molecule has 1 aliphatic rings. The van der Waals surface area contributed by atoms with Crippen LogP contribution in [0.3, 0.4) is 0 Å². The van der Waals surface area contributed by atoms with Gasteiger partial charge in [0, 0.05) is 32.1 Å². The molecule has 2 heterocycles. The Kier molecular flexibility index (Phi) is 7.46. The highest BCUT2D eigenvalue weighted by molar-refractivity contribution is 5.76. The van der Waals surface area contributed by atoms with Gasteiger partial charge in [-0.15, -0.1) is 0 Å². The van der Waals surface area contributed by atoms with E-state index in [-0.39, 0.29) is 5.91 Å². The van der Waals surface area contributed by atoms with Crippen LogP contribution in [0, 0.1) is 0 Å². The van der Waals surface area contributed by atoms with Crippen LogP contribution in [-0.2, 0) is 17.8 Å². The van der Waals surface area contributed by atoms with Gasteiger partial charge in [0.25, 0.3) is 0 Å². The number of carbonyl (C=O) groups is 1. The van der Waals surface area contributed by atoms with Crippen LogP contribution in [0.1, 0.15) is 24.8 Å². The summed E-state index contributed by atoms with van der Waals surface area (Å²) < 4.78 is 12.4. The number of hydrogen-bond donors (Lipinski definition) is 0. The predicted octanol–water partition coefficient (Wildman–Crippen LogP) is 1.85. The third-order valence-electron chi connectivity index (χ3n) is 5.60. The second-order valence-electron chi connectivity index (χ2n) is 7.46. The fourth-order valence-corrected chi connectivity index (χ4v) is 3.78. The van der Waals surface area contributed by atoms with E-state index in [9.17, 15) is 4.79 Å². The van der Waals surface area contributed by atoms with Gasteiger partial charge in [-0.3, -0.25) is 9.48 Å². The van der Waals surface area contributed by atoms with E-state index in [0.717, 1.165) is 50.4 Å². The average Bonchev–Trinajstić information content (AvgIpc) is 3.29. The lowest BCUT2D eigenvalue weighted by atomic mass is 10.0. The summed E-state index contributed by atoms with van der Waals surface area (Å²) in [5.41, 5.74) is 1.21. The van der Waals surface area contributed by atoms with Crippen LogP contribution in [0.25, 0.3) is 0 Å². The average molecular weight is 402 g/mol. The quantitative estimate of drug-likeness (QED) is 0.639. The van der Waals surface area contributed by atoms with Gasteiger partial charge in [0.2, 0.25) is 5.91 Å². The SMILES string of the molecule is COc1ccc(CCN(C)[C@H]2CCCN(C(=O)CCn3cncn3)C2)cc1OC. The first-order chi connectivity index (χ1) is 14.1. The van der Waals surface area contributed by atoms with Crippen molar-refractivity contribution in [1.29, 1.82) is 0 Å². The number of likely N-dealkylation sites (N-methyl/N-ethyl adjacent to an activating group) is 1. The first kappa shape index (κ1) is 21.1. The fourth-order valence-electron chi connectivity index (χ4n) is 3.78. The fraction of sp³-hybridized carbons (Fsp3) is 0.571. The van der Waals surface area contributed by atoms with Crippen LogP contribution in [-0.4, -0.2) is 77.4 Å². The molecule has 1 fully saturated rings. The smallest absolute Gasteiger partial charge is 0.224 e. The van der Waals surface area contributed by atoms with Crippen LogP contribution in [0.5, 0.6) is 11.5 Å². The topological polar surface area (TPSA) is 72.7 Å². The van der Waals surface area contributed by atoms with Gasteiger partial charge in [-0.1, -0.05) is 6.07 Å². The van der Waals surface area contributed by atoms with Gasteiger partial charge < -0.3 is 19.3 Å². The van der Waals surface area contributed by atoms with E-state index in [1.54, 1.807) is 25.2 Å². The molecule has 1 aromatic carbocycles. The van der Waals surface area contributed by atoms with Crippen molar-refractivity contribution in [2.75, 3.05) is 40.9 Å². The molecule has 29 heavy (non-hydrogen) atoms. The third-order valence-corrected chi connectivity index (χ3v) is 5.60. The number of piperidine rings is 1. The molecule has 1 amide bonds. The number of likely N-dealkylation sites (tertiary alicyclic amines) is 1. The van der Waals surface area contributed by atoms with Crippen LogP contribution < -0.4 is 9.47 Å². The van der Waals surface area contributed by atoms with Crippen LogP contribution >= 0.6 is 0 Å². The van der Waals surface area contributed by atoms with E-state index in [4.69, 9.17) is 9.47 Å². The number of aryl methyl sites for hydroxylation is 1. The lowest BCUT2D eigenvalue weighted by Gasteiger charge is -2.37. The molecule has 0 bridgehead atoms. The van der Waals surface area contributed by atoms with Crippen molar-refractivity contribution in [2.45, 2.75) is 38.3 Å². The molecule has 1 atom stereocenters. The molecule has 0 aliphatic carbocycles. The van der Waals surface area contributed by atoms with Gasteiger partial charge >= 0.3 is 0 Å². The number of hydrogen-bond acceptors (Lipinski definition) is 6. The molecule has 0 saturated carbocycles. The van der Waals surface area contributed by atoms with Gasteiger partial charge in [-0.25, -0.2) is 4.98 Å². The molecule has 0 spiro atoms. The molecule has 1 aliphatic heterocycles. The zero-order valence-corrected chi connectivity index (χ0v) is 17.6. The third kappa shape index (κ3) is 5.69. The minimum absolute atomic E-state index is 0.193. The van der Waals surface area contributed by atoms with Crippen molar-refractivity contribution in [3.05, 3.63) is 36.4 Å². The Bertz CT molecular complexity index is 781. The molecule has 158 valence electrons. The zero-order chi connectivity index (χ0) is 20.6. The molecular formula is C21H31N5O3. The summed E-state index contributed by atoms with van der Waals surface area (Å²) in [4.78, 5) is 20.9. The van der Waals surface area contributed by atoms with Crippen LogP contribution in [0.4, 0.5) is 0 Å². The highest BCUT2D eigenvalue weighted by Gasteiger charge is 2.26. The molecule has 8 heteroatoms. The predicted molar refractivity (Wildman–Crippen MR) is 110 cm³/mol. The minimum Gasteiger partial charge on any atom is -0.493 e. The van der Waals surface area contributed by atoms with E-state index >= 15 is 0 Å². The molecule has 0 N–H and O–H groups in total. The van der Waals surface area contributed by atoms with Crippen LogP contribution in [0.15, 0.2) is 30.9 Å². The number of carbonyl (C=O) groups excluding carboxylic acids is 1. The van der Waals surface area contributed by atoms with E-state index in [1.807, 2.05) is 17.0 Å². The summed E-state index contributed by atoms with van der Waals surface area (Å²) in [7, 11) is 5.45. The summed E-state index contributed by atoms with van der Waals surface area (Å²) >= 11 is 0. The summed E-state index contributed by atoms with van der Waals surface area (Å²) in [5, 5.41) is 4.06. The molecule has 1 saturated heterocycles. The Balaban J connectivity index is 1.49. The van der Waals surface area contributed by atoms with Gasteiger partial charge in [-0.05, 0) is 44.0 Å². The lowest BCUT2D eigenvalue weighted by molar-refractivity contribution is -0.133. The molecule has 0 radical (unpaired) electrons.